The van der Waals surface area contributed by atoms with Gasteiger partial charge in [-0.15, -0.1) is 0 Å². The van der Waals surface area contributed by atoms with E-state index in [4.69, 9.17) is 4.74 Å². The number of hydrogen-bond acceptors (Lipinski definition) is 2. The lowest BCUT2D eigenvalue weighted by atomic mass is 10.0. The lowest BCUT2D eigenvalue weighted by Crippen LogP contribution is -2.34. The van der Waals surface area contributed by atoms with E-state index in [2.05, 4.69) is 49.5 Å². The highest BCUT2D eigenvalue weighted by atomic mass is 16.5. The topological polar surface area (TPSA) is 21.3 Å². The summed E-state index contributed by atoms with van der Waals surface area (Å²) in [5, 5.41) is 3.69. The maximum atomic E-state index is 5.88. The van der Waals surface area contributed by atoms with Gasteiger partial charge in [0.1, 0.15) is 0 Å². The highest BCUT2D eigenvalue weighted by Crippen LogP contribution is 2.29. The van der Waals surface area contributed by atoms with E-state index in [1.807, 2.05) is 0 Å². The van der Waals surface area contributed by atoms with E-state index in [-0.39, 0.29) is 6.10 Å². The fourth-order valence-electron chi connectivity index (χ4n) is 2.72. The van der Waals surface area contributed by atoms with E-state index in [9.17, 15) is 0 Å². The molecule has 1 N–H and O–H groups in total. The Labute approximate surface area is 111 Å². The second kappa shape index (κ2) is 6.91. The largest absolute Gasteiger partial charge is 0.372 e. The first-order valence-corrected chi connectivity index (χ1v) is 7.21. The zero-order valence-corrected chi connectivity index (χ0v) is 11.6. The van der Waals surface area contributed by atoms with Gasteiger partial charge in [0.25, 0.3) is 0 Å². The third kappa shape index (κ3) is 3.56. The molecule has 0 aliphatic carbocycles. The molecule has 2 rings (SSSR count). The van der Waals surface area contributed by atoms with Crippen molar-refractivity contribution in [1.29, 1.82) is 0 Å². The average molecular weight is 247 g/mol. The predicted octanol–water partition coefficient (Wildman–Crippen LogP) is 3.54. The minimum absolute atomic E-state index is 0.236. The summed E-state index contributed by atoms with van der Waals surface area (Å²) >= 11 is 0. The Morgan fingerprint density at radius 3 is 2.83 bits per heavy atom. The standard InChI is InChI=1S/C16H25NO/c1-3-7-13(2)12-17-15-10-11-18-16(15)14-8-5-4-6-9-14/h4-6,8-9,13,15-17H,3,7,10-12H2,1-2H3/t13-,15-,16+/m0/s1. The molecular weight excluding hydrogens is 222 g/mol. The van der Waals surface area contributed by atoms with Gasteiger partial charge in [-0.05, 0) is 30.9 Å². The van der Waals surface area contributed by atoms with Crippen molar-refractivity contribution in [1.82, 2.24) is 5.32 Å². The Bertz CT molecular complexity index is 338. The molecule has 1 saturated heterocycles. The van der Waals surface area contributed by atoms with Crippen LogP contribution in [-0.4, -0.2) is 19.2 Å². The minimum atomic E-state index is 0.236. The molecule has 2 heteroatoms. The van der Waals surface area contributed by atoms with E-state index in [1.165, 1.54) is 18.4 Å². The van der Waals surface area contributed by atoms with Gasteiger partial charge in [0, 0.05) is 12.6 Å². The van der Waals surface area contributed by atoms with Crippen LogP contribution in [0.15, 0.2) is 30.3 Å². The van der Waals surface area contributed by atoms with Gasteiger partial charge in [0.05, 0.1) is 6.10 Å². The first kappa shape index (κ1) is 13.6. The first-order chi connectivity index (χ1) is 8.81. The Kier molecular flexibility index (Phi) is 5.21. The fourth-order valence-corrected chi connectivity index (χ4v) is 2.72. The molecule has 1 aromatic rings. The van der Waals surface area contributed by atoms with Crippen molar-refractivity contribution < 1.29 is 4.74 Å². The van der Waals surface area contributed by atoms with E-state index < -0.39 is 0 Å². The minimum Gasteiger partial charge on any atom is -0.372 e. The monoisotopic (exact) mass is 247 g/mol. The van der Waals surface area contributed by atoms with Gasteiger partial charge in [0.2, 0.25) is 0 Å². The van der Waals surface area contributed by atoms with Crippen molar-refractivity contribution in [3.8, 4) is 0 Å². The van der Waals surface area contributed by atoms with E-state index in [0.29, 0.717) is 6.04 Å². The molecule has 18 heavy (non-hydrogen) atoms. The molecule has 1 aromatic carbocycles. The summed E-state index contributed by atoms with van der Waals surface area (Å²) in [4.78, 5) is 0. The van der Waals surface area contributed by atoms with E-state index in [0.717, 1.165) is 25.5 Å². The third-order valence-corrected chi connectivity index (χ3v) is 3.73. The summed E-state index contributed by atoms with van der Waals surface area (Å²) in [6.45, 7) is 6.55. The molecule has 1 heterocycles. The molecule has 2 nitrogen and oxygen atoms in total. The predicted molar refractivity (Wildman–Crippen MR) is 75.6 cm³/mol. The Morgan fingerprint density at radius 1 is 1.33 bits per heavy atom. The zero-order valence-electron chi connectivity index (χ0n) is 11.6. The van der Waals surface area contributed by atoms with Crippen LogP contribution in [0.5, 0.6) is 0 Å². The van der Waals surface area contributed by atoms with Crippen LogP contribution in [0.1, 0.15) is 44.8 Å². The Balaban J connectivity index is 1.88. The van der Waals surface area contributed by atoms with Crippen LogP contribution >= 0.6 is 0 Å². The van der Waals surface area contributed by atoms with Gasteiger partial charge < -0.3 is 10.1 Å². The Hall–Kier alpha value is -0.860. The molecule has 1 aliphatic rings. The number of benzene rings is 1. The van der Waals surface area contributed by atoms with Crippen molar-refractivity contribution in [3.05, 3.63) is 35.9 Å². The van der Waals surface area contributed by atoms with Crippen LogP contribution in [0.25, 0.3) is 0 Å². The van der Waals surface area contributed by atoms with Gasteiger partial charge in [-0.2, -0.15) is 0 Å². The van der Waals surface area contributed by atoms with Gasteiger partial charge >= 0.3 is 0 Å². The highest BCUT2D eigenvalue weighted by Gasteiger charge is 2.29. The van der Waals surface area contributed by atoms with Gasteiger partial charge in [0.15, 0.2) is 0 Å². The van der Waals surface area contributed by atoms with Crippen LogP contribution in [0.3, 0.4) is 0 Å². The molecule has 0 unspecified atom stereocenters. The number of rotatable bonds is 6. The van der Waals surface area contributed by atoms with Crippen LogP contribution in [-0.2, 0) is 4.74 Å². The number of hydrogen-bond donors (Lipinski definition) is 1. The van der Waals surface area contributed by atoms with E-state index in [1.54, 1.807) is 0 Å². The highest BCUT2D eigenvalue weighted by molar-refractivity contribution is 5.20. The first-order valence-electron chi connectivity index (χ1n) is 7.21. The number of ether oxygens (including phenoxy) is 1. The second-order valence-corrected chi connectivity index (χ2v) is 5.40. The van der Waals surface area contributed by atoms with Crippen molar-refractivity contribution in [3.63, 3.8) is 0 Å². The lowest BCUT2D eigenvalue weighted by molar-refractivity contribution is 0.0980. The zero-order chi connectivity index (χ0) is 12.8. The molecule has 0 bridgehead atoms. The third-order valence-electron chi connectivity index (χ3n) is 3.73. The molecule has 0 aromatic heterocycles. The molecule has 0 radical (unpaired) electrons. The fraction of sp³-hybridized carbons (Fsp3) is 0.625. The van der Waals surface area contributed by atoms with Crippen LogP contribution in [0, 0.1) is 5.92 Å². The number of nitrogens with one attached hydrogen (secondary N) is 1. The summed E-state index contributed by atoms with van der Waals surface area (Å²) in [6, 6.07) is 11.1. The summed E-state index contributed by atoms with van der Waals surface area (Å²) < 4.78 is 5.88. The van der Waals surface area contributed by atoms with Crippen molar-refractivity contribution in [2.75, 3.05) is 13.2 Å². The second-order valence-electron chi connectivity index (χ2n) is 5.40. The lowest BCUT2D eigenvalue weighted by Gasteiger charge is -2.22. The Morgan fingerprint density at radius 2 is 2.11 bits per heavy atom. The molecule has 0 saturated carbocycles. The van der Waals surface area contributed by atoms with Crippen molar-refractivity contribution in [2.24, 2.45) is 5.92 Å². The van der Waals surface area contributed by atoms with Crippen LogP contribution < -0.4 is 5.32 Å². The molecule has 100 valence electrons. The van der Waals surface area contributed by atoms with Gasteiger partial charge in [-0.25, -0.2) is 0 Å². The smallest absolute Gasteiger partial charge is 0.0978 e. The summed E-state index contributed by atoms with van der Waals surface area (Å²) in [5.74, 6) is 0.757. The molecule has 1 fully saturated rings. The summed E-state index contributed by atoms with van der Waals surface area (Å²) in [7, 11) is 0. The summed E-state index contributed by atoms with van der Waals surface area (Å²) in [6.07, 6.45) is 3.93. The summed E-state index contributed by atoms with van der Waals surface area (Å²) in [5.41, 5.74) is 1.30. The van der Waals surface area contributed by atoms with Gasteiger partial charge in [-0.1, -0.05) is 50.6 Å². The molecule has 0 spiro atoms. The van der Waals surface area contributed by atoms with Crippen LogP contribution in [0.4, 0.5) is 0 Å². The molecule has 3 atom stereocenters. The SMILES string of the molecule is CCC[C@H](C)CN[C@H]1CCO[C@@H]1c1ccccc1. The molecule has 0 amide bonds. The van der Waals surface area contributed by atoms with Crippen molar-refractivity contribution >= 4 is 0 Å². The quantitative estimate of drug-likeness (QED) is 0.830. The van der Waals surface area contributed by atoms with Crippen molar-refractivity contribution in [2.45, 2.75) is 45.3 Å². The maximum absolute atomic E-state index is 5.88. The normalized spacial score (nSPS) is 25.2. The maximum Gasteiger partial charge on any atom is 0.0978 e. The molecule has 1 aliphatic heterocycles. The molecular formula is C16H25NO. The van der Waals surface area contributed by atoms with E-state index >= 15 is 0 Å². The van der Waals surface area contributed by atoms with Gasteiger partial charge in [-0.3, -0.25) is 0 Å². The average Bonchev–Trinajstić information content (AvgIpc) is 2.86. The van der Waals surface area contributed by atoms with Crippen LogP contribution in [0.2, 0.25) is 0 Å².